The zero-order valence-corrected chi connectivity index (χ0v) is 18.1. The van der Waals surface area contributed by atoms with Gasteiger partial charge < -0.3 is 14.4 Å². The second-order valence-electron chi connectivity index (χ2n) is 7.08. The molecule has 4 rings (SSSR count). The van der Waals surface area contributed by atoms with Gasteiger partial charge in [-0.15, -0.1) is 11.3 Å². The molecule has 1 saturated heterocycles. The maximum absolute atomic E-state index is 13.1. The fourth-order valence-electron chi connectivity index (χ4n) is 3.38. The highest BCUT2D eigenvalue weighted by Crippen LogP contribution is 2.33. The third kappa shape index (κ3) is 4.07. The summed E-state index contributed by atoms with van der Waals surface area (Å²) >= 11 is 1.16. The molecule has 1 aromatic carbocycles. The Morgan fingerprint density at radius 2 is 1.60 bits per heavy atom. The van der Waals surface area contributed by atoms with Crippen LogP contribution in [0.3, 0.4) is 0 Å². The van der Waals surface area contributed by atoms with Crippen LogP contribution in [0.4, 0.5) is 0 Å². The number of benzene rings is 1. The van der Waals surface area contributed by atoms with Gasteiger partial charge in [-0.05, 0) is 31.2 Å². The normalized spacial score (nSPS) is 17.4. The van der Waals surface area contributed by atoms with Crippen LogP contribution < -0.4 is 9.47 Å². The average molecular weight is 451 g/mol. The van der Waals surface area contributed by atoms with Crippen LogP contribution in [-0.4, -0.2) is 68.7 Å². The summed E-state index contributed by atoms with van der Waals surface area (Å²) in [6.45, 7) is 3.45. The van der Waals surface area contributed by atoms with Gasteiger partial charge in [0, 0.05) is 38.7 Å². The van der Waals surface area contributed by atoms with Crippen molar-refractivity contribution < 1.29 is 27.5 Å². The van der Waals surface area contributed by atoms with Gasteiger partial charge >= 0.3 is 0 Å². The Kier molecular flexibility index (Phi) is 5.81. The summed E-state index contributed by atoms with van der Waals surface area (Å²) in [6.07, 6.45) is 0.741. The van der Waals surface area contributed by atoms with E-state index in [-0.39, 0.29) is 42.8 Å². The molecule has 160 valence electrons. The van der Waals surface area contributed by atoms with Crippen LogP contribution in [0, 0.1) is 0 Å². The van der Waals surface area contributed by atoms with Crippen LogP contribution in [0.25, 0.3) is 0 Å². The lowest BCUT2D eigenvalue weighted by atomic mass is 10.3. The van der Waals surface area contributed by atoms with Crippen molar-refractivity contribution in [1.29, 1.82) is 0 Å². The van der Waals surface area contributed by atoms with E-state index < -0.39 is 10.0 Å². The molecule has 0 aliphatic carbocycles. The predicted molar refractivity (Wildman–Crippen MR) is 111 cm³/mol. The zero-order chi connectivity index (χ0) is 21.3. The van der Waals surface area contributed by atoms with E-state index in [1.54, 1.807) is 23.1 Å². The van der Waals surface area contributed by atoms with E-state index >= 15 is 0 Å². The van der Waals surface area contributed by atoms with Gasteiger partial charge in [-0.2, -0.15) is 4.31 Å². The molecule has 3 heterocycles. The number of piperazine rings is 1. The number of carbonyl (C=O) groups excluding carboxylic acids is 2. The highest BCUT2D eigenvalue weighted by atomic mass is 32.2. The maximum Gasteiger partial charge on any atom is 0.264 e. The number of ketones is 1. The monoisotopic (exact) mass is 450 g/mol. The topological polar surface area (TPSA) is 93.2 Å². The molecular weight excluding hydrogens is 428 g/mol. The molecule has 1 aromatic heterocycles. The van der Waals surface area contributed by atoms with Gasteiger partial charge in [0.15, 0.2) is 17.3 Å². The van der Waals surface area contributed by atoms with E-state index in [2.05, 4.69) is 0 Å². The Labute approximate surface area is 179 Å². The summed E-state index contributed by atoms with van der Waals surface area (Å²) in [6, 6.07) is 7.93. The highest BCUT2D eigenvalue weighted by molar-refractivity contribution is 7.89. The number of hydrogen-bond donors (Lipinski definition) is 0. The molecule has 0 bridgehead atoms. The third-order valence-electron chi connectivity index (χ3n) is 5.05. The van der Waals surface area contributed by atoms with Crippen LogP contribution in [0.5, 0.6) is 11.5 Å². The molecule has 8 nitrogen and oxygen atoms in total. The number of ether oxygens (including phenoxy) is 2. The lowest BCUT2D eigenvalue weighted by molar-refractivity contribution is 0.0702. The molecule has 0 atom stereocenters. The van der Waals surface area contributed by atoms with Gasteiger partial charge in [-0.1, -0.05) is 0 Å². The minimum absolute atomic E-state index is 0.0786. The zero-order valence-electron chi connectivity index (χ0n) is 16.5. The second kappa shape index (κ2) is 8.37. The van der Waals surface area contributed by atoms with E-state index in [0.717, 1.165) is 17.8 Å². The standard InChI is InChI=1S/C20H22N2O6S2/c1-14(23)18-5-6-19(29-18)20(24)21-7-9-22(10-8-21)30(25,26)15-3-4-16-17(13-15)28-12-2-11-27-16/h3-6,13H,2,7-12H2,1H3. The quantitative estimate of drug-likeness (QED) is 0.664. The van der Waals surface area contributed by atoms with E-state index in [4.69, 9.17) is 9.47 Å². The molecule has 0 N–H and O–H groups in total. The number of amides is 1. The van der Waals surface area contributed by atoms with Crippen molar-refractivity contribution in [2.24, 2.45) is 0 Å². The largest absolute Gasteiger partial charge is 0.490 e. The highest BCUT2D eigenvalue weighted by Gasteiger charge is 2.31. The third-order valence-corrected chi connectivity index (χ3v) is 8.12. The van der Waals surface area contributed by atoms with Crippen LogP contribution in [0.1, 0.15) is 32.7 Å². The molecule has 0 unspecified atom stereocenters. The van der Waals surface area contributed by atoms with Crippen molar-refractivity contribution in [3.63, 3.8) is 0 Å². The Balaban J connectivity index is 1.44. The molecule has 30 heavy (non-hydrogen) atoms. The van der Waals surface area contributed by atoms with E-state index in [9.17, 15) is 18.0 Å². The Morgan fingerprint density at radius 1 is 0.933 bits per heavy atom. The van der Waals surface area contributed by atoms with E-state index in [1.165, 1.54) is 23.4 Å². The summed E-state index contributed by atoms with van der Waals surface area (Å²) in [4.78, 5) is 26.9. The number of Topliss-reactive ketones (excluding diaryl/α,β-unsaturated/α-hetero) is 1. The SMILES string of the molecule is CC(=O)c1ccc(C(=O)N2CCN(S(=O)(=O)c3ccc4c(c3)OCCCO4)CC2)s1. The predicted octanol–water partition coefficient (Wildman–Crippen LogP) is 2.26. The summed E-state index contributed by atoms with van der Waals surface area (Å²) in [5.74, 6) is 0.717. The Morgan fingerprint density at radius 3 is 2.27 bits per heavy atom. The molecule has 1 amide bonds. The molecule has 10 heteroatoms. The maximum atomic E-state index is 13.1. The number of carbonyl (C=O) groups is 2. The Hall–Kier alpha value is -2.43. The first-order chi connectivity index (χ1) is 14.4. The van der Waals surface area contributed by atoms with E-state index in [0.29, 0.717) is 34.5 Å². The molecular formula is C20H22N2O6S2. The number of fused-ring (bicyclic) bond motifs is 1. The van der Waals surface area contributed by atoms with Gasteiger partial charge in [-0.25, -0.2) is 8.42 Å². The summed E-state index contributed by atoms with van der Waals surface area (Å²) in [5, 5.41) is 0. The Bertz CT molecular complexity index is 1070. The molecule has 2 aliphatic rings. The van der Waals surface area contributed by atoms with Crippen molar-refractivity contribution in [3.8, 4) is 11.5 Å². The van der Waals surface area contributed by atoms with Crippen molar-refractivity contribution in [2.45, 2.75) is 18.2 Å². The number of rotatable bonds is 4. The van der Waals surface area contributed by atoms with Crippen molar-refractivity contribution in [2.75, 3.05) is 39.4 Å². The number of sulfonamides is 1. The van der Waals surface area contributed by atoms with Crippen LogP contribution in [0.15, 0.2) is 35.2 Å². The van der Waals surface area contributed by atoms with Crippen LogP contribution in [0.2, 0.25) is 0 Å². The summed E-state index contributed by atoms with van der Waals surface area (Å²) in [5.41, 5.74) is 0. The van der Waals surface area contributed by atoms with E-state index in [1.807, 2.05) is 0 Å². The minimum Gasteiger partial charge on any atom is -0.490 e. The molecule has 0 spiro atoms. The molecule has 1 fully saturated rings. The first-order valence-electron chi connectivity index (χ1n) is 9.66. The summed E-state index contributed by atoms with van der Waals surface area (Å²) in [7, 11) is -3.71. The smallest absolute Gasteiger partial charge is 0.264 e. The second-order valence-corrected chi connectivity index (χ2v) is 10.1. The fraction of sp³-hybridized carbons (Fsp3) is 0.400. The first kappa shape index (κ1) is 20.8. The van der Waals surface area contributed by atoms with Gasteiger partial charge in [-0.3, -0.25) is 9.59 Å². The lowest BCUT2D eigenvalue weighted by Gasteiger charge is -2.33. The van der Waals surface area contributed by atoms with Crippen molar-refractivity contribution >= 4 is 33.1 Å². The molecule has 0 saturated carbocycles. The van der Waals surface area contributed by atoms with Gasteiger partial charge in [0.05, 0.1) is 27.9 Å². The first-order valence-corrected chi connectivity index (χ1v) is 11.9. The van der Waals surface area contributed by atoms with Gasteiger partial charge in [0.25, 0.3) is 5.91 Å². The molecule has 2 aromatic rings. The molecule has 0 radical (unpaired) electrons. The van der Waals surface area contributed by atoms with Crippen molar-refractivity contribution in [1.82, 2.24) is 9.21 Å². The summed E-state index contributed by atoms with van der Waals surface area (Å²) < 4.78 is 38.7. The van der Waals surface area contributed by atoms with Gasteiger partial charge in [0.1, 0.15) is 0 Å². The molecule has 2 aliphatic heterocycles. The van der Waals surface area contributed by atoms with Crippen molar-refractivity contribution in [3.05, 3.63) is 40.1 Å². The number of hydrogen-bond acceptors (Lipinski definition) is 7. The number of thiophene rings is 1. The van der Waals surface area contributed by atoms with Gasteiger partial charge in [0.2, 0.25) is 10.0 Å². The van der Waals surface area contributed by atoms with Crippen LogP contribution in [-0.2, 0) is 10.0 Å². The fourth-order valence-corrected chi connectivity index (χ4v) is 5.69. The average Bonchev–Trinajstić information content (AvgIpc) is 3.13. The minimum atomic E-state index is -3.71. The van der Waals surface area contributed by atoms with Crippen LogP contribution >= 0.6 is 11.3 Å². The lowest BCUT2D eigenvalue weighted by Crippen LogP contribution is -2.50. The number of nitrogens with zero attached hydrogens (tertiary/aromatic N) is 2.